The second-order valence-corrected chi connectivity index (χ2v) is 5.75. The average Bonchev–Trinajstić information content (AvgIpc) is 2.54. The zero-order chi connectivity index (χ0) is 17.7. The van der Waals surface area contributed by atoms with Crippen LogP contribution in [0.2, 0.25) is 0 Å². The van der Waals surface area contributed by atoms with Crippen LogP contribution in [0, 0.1) is 23.8 Å². The lowest BCUT2D eigenvalue weighted by Crippen LogP contribution is -2.18. The molecule has 10 heteroatoms. The van der Waals surface area contributed by atoms with Crippen molar-refractivity contribution >= 4 is 46.1 Å². The number of halogens is 1. The molecule has 2 aromatic rings. The number of benzene rings is 2. The van der Waals surface area contributed by atoms with Crippen LogP contribution in [0.5, 0.6) is 0 Å². The van der Waals surface area contributed by atoms with E-state index in [1.165, 1.54) is 6.21 Å². The SMILES string of the molecule is O=C(NN=Cc1cccc(I)c1)c1cc([N+](=O)[O-])cc([N+](=O)[O-])c1. The highest BCUT2D eigenvalue weighted by atomic mass is 127. The lowest BCUT2D eigenvalue weighted by Gasteiger charge is -2.01. The standard InChI is InChI=1S/C14H9IN4O5/c15-11-3-1-2-9(4-11)8-16-17-14(20)10-5-12(18(21)22)7-13(6-10)19(23)24/h1-8H,(H,17,20). The van der Waals surface area contributed by atoms with E-state index in [-0.39, 0.29) is 5.56 Å². The number of hydrogen-bond acceptors (Lipinski definition) is 6. The fourth-order valence-corrected chi connectivity index (χ4v) is 2.32. The summed E-state index contributed by atoms with van der Waals surface area (Å²) < 4.78 is 0.984. The fourth-order valence-electron chi connectivity index (χ4n) is 1.75. The second-order valence-electron chi connectivity index (χ2n) is 4.51. The van der Waals surface area contributed by atoms with Crippen LogP contribution in [0.1, 0.15) is 15.9 Å². The predicted molar refractivity (Wildman–Crippen MR) is 94.0 cm³/mol. The van der Waals surface area contributed by atoms with E-state index in [9.17, 15) is 25.0 Å². The third kappa shape index (κ3) is 4.55. The van der Waals surface area contributed by atoms with Gasteiger partial charge in [0.05, 0.1) is 27.7 Å². The van der Waals surface area contributed by atoms with E-state index >= 15 is 0 Å². The largest absolute Gasteiger partial charge is 0.277 e. The molecule has 0 bridgehead atoms. The van der Waals surface area contributed by atoms with E-state index in [1.54, 1.807) is 6.07 Å². The highest BCUT2D eigenvalue weighted by Gasteiger charge is 2.19. The second kappa shape index (κ2) is 7.59. The van der Waals surface area contributed by atoms with Crippen LogP contribution >= 0.6 is 22.6 Å². The Balaban J connectivity index is 2.20. The van der Waals surface area contributed by atoms with Gasteiger partial charge in [-0.15, -0.1) is 0 Å². The Hall–Kier alpha value is -2.89. The van der Waals surface area contributed by atoms with Gasteiger partial charge in [-0.3, -0.25) is 25.0 Å². The van der Waals surface area contributed by atoms with Crippen LogP contribution in [0.4, 0.5) is 11.4 Å². The summed E-state index contributed by atoms with van der Waals surface area (Å²) in [6.07, 6.45) is 1.39. The first-order chi connectivity index (χ1) is 11.4. The number of nitro benzene ring substituents is 2. The van der Waals surface area contributed by atoms with Crippen LogP contribution in [-0.4, -0.2) is 22.0 Å². The van der Waals surface area contributed by atoms with Gasteiger partial charge >= 0.3 is 0 Å². The lowest BCUT2D eigenvalue weighted by molar-refractivity contribution is -0.394. The van der Waals surface area contributed by atoms with E-state index in [0.717, 1.165) is 27.3 Å². The van der Waals surface area contributed by atoms with Gasteiger partial charge in [-0.1, -0.05) is 12.1 Å². The smallest absolute Gasteiger partial charge is 0.267 e. The molecule has 0 atom stereocenters. The van der Waals surface area contributed by atoms with E-state index in [1.807, 2.05) is 18.2 Å². The van der Waals surface area contributed by atoms with Crippen LogP contribution in [0.15, 0.2) is 47.6 Å². The highest BCUT2D eigenvalue weighted by molar-refractivity contribution is 14.1. The van der Waals surface area contributed by atoms with E-state index in [0.29, 0.717) is 0 Å². The molecule has 0 unspecified atom stereocenters. The number of carbonyl (C=O) groups excluding carboxylic acids is 1. The van der Waals surface area contributed by atoms with Gasteiger partial charge in [0, 0.05) is 15.7 Å². The van der Waals surface area contributed by atoms with E-state index in [2.05, 4.69) is 33.1 Å². The van der Waals surface area contributed by atoms with Crippen LogP contribution in [0.25, 0.3) is 0 Å². The highest BCUT2D eigenvalue weighted by Crippen LogP contribution is 2.22. The molecule has 0 heterocycles. The molecule has 0 aliphatic rings. The minimum atomic E-state index is -0.807. The molecule has 0 fully saturated rings. The van der Waals surface area contributed by atoms with Gasteiger partial charge in [0.2, 0.25) is 0 Å². The Morgan fingerprint density at radius 2 is 1.71 bits per heavy atom. The van der Waals surface area contributed by atoms with Crippen molar-refractivity contribution in [1.82, 2.24) is 5.43 Å². The molecule has 2 aromatic carbocycles. The molecule has 122 valence electrons. The predicted octanol–water partition coefficient (Wildman–Crippen LogP) is 2.87. The minimum Gasteiger partial charge on any atom is -0.267 e. The first-order valence-electron chi connectivity index (χ1n) is 6.39. The van der Waals surface area contributed by atoms with Gasteiger partial charge in [0.25, 0.3) is 17.3 Å². The maximum absolute atomic E-state index is 12.0. The molecule has 1 N–H and O–H groups in total. The number of hydrogen-bond donors (Lipinski definition) is 1. The summed E-state index contributed by atoms with van der Waals surface area (Å²) in [6, 6.07) is 9.98. The van der Waals surface area contributed by atoms with Gasteiger partial charge in [-0.05, 0) is 40.3 Å². The first kappa shape index (κ1) is 17.5. The van der Waals surface area contributed by atoms with Gasteiger partial charge in [-0.2, -0.15) is 5.10 Å². The first-order valence-corrected chi connectivity index (χ1v) is 7.47. The molecule has 0 radical (unpaired) electrons. The maximum atomic E-state index is 12.0. The van der Waals surface area contributed by atoms with Crippen molar-refractivity contribution in [3.8, 4) is 0 Å². The van der Waals surface area contributed by atoms with Crippen molar-refractivity contribution < 1.29 is 14.6 Å². The molecular formula is C14H9IN4O5. The Bertz CT molecular complexity index is 821. The van der Waals surface area contributed by atoms with Crippen molar-refractivity contribution in [2.75, 3.05) is 0 Å². The zero-order valence-corrected chi connectivity index (χ0v) is 14.0. The normalized spacial score (nSPS) is 10.5. The summed E-state index contributed by atoms with van der Waals surface area (Å²) in [5, 5.41) is 25.3. The van der Waals surface area contributed by atoms with Gasteiger partial charge in [-0.25, -0.2) is 5.43 Å². The molecule has 0 aliphatic carbocycles. The van der Waals surface area contributed by atoms with E-state index < -0.39 is 27.1 Å². The summed E-state index contributed by atoms with van der Waals surface area (Å²) in [6.45, 7) is 0. The molecule has 0 saturated carbocycles. The molecule has 0 saturated heterocycles. The van der Waals surface area contributed by atoms with Crippen molar-refractivity contribution in [2.45, 2.75) is 0 Å². The summed E-state index contributed by atoms with van der Waals surface area (Å²) in [4.78, 5) is 32.0. The van der Waals surface area contributed by atoms with E-state index in [4.69, 9.17) is 0 Å². The maximum Gasteiger partial charge on any atom is 0.277 e. The van der Waals surface area contributed by atoms with Gasteiger partial charge < -0.3 is 0 Å². The van der Waals surface area contributed by atoms with Crippen molar-refractivity contribution in [1.29, 1.82) is 0 Å². The number of carbonyl (C=O) groups is 1. The summed E-state index contributed by atoms with van der Waals surface area (Å²) in [5.41, 5.74) is 1.61. The van der Waals surface area contributed by atoms with Crippen molar-refractivity contribution in [3.05, 3.63) is 77.4 Å². The topological polar surface area (TPSA) is 128 Å². The quantitative estimate of drug-likeness (QED) is 0.331. The molecule has 0 aliphatic heterocycles. The minimum absolute atomic E-state index is 0.226. The number of amides is 1. The molecule has 24 heavy (non-hydrogen) atoms. The molecule has 0 aromatic heterocycles. The molecular weight excluding hydrogens is 431 g/mol. The number of nitrogens with one attached hydrogen (secondary N) is 1. The van der Waals surface area contributed by atoms with Gasteiger partial charge in [0.15, 0.2) is 0 Å². The molecule has 0 spiro atoms. The number of rotatable bonds is 5. The van der Waals surface area contributed by atoms with Crippen molar-refractivity contribution in [2.24, 2.45) is 5.10 Å². The van der Waals surface area contributed by atoms with Gasteiger partial charge in [0.1, 0.15) is 0 Å². The Morgan fingerprint density at radius 1 is 1.08 bits per heavy atom. The lowest BCUT2D eigenvalue weighted by atomic mass is 10.1. The van der Waals surface area contributed by atoms with Crippen molar-refractivity contribution in [3.63, 3.8) is 0 Å². The van der Waals surface area contributed by atoms with Crippen LogP contribution in [0.3, 0.4) is 0 Å². The summed E-state index contributed by atoms with van der Waals surface area (Å²) in [7, 11) is 0. The number of nitrogens with zero attached hydrogens (tertiary/aromatic N) is 3. The Morgan fingerprint density at radius 3 is 2.25 bits per heavy atom. The zero-order valence-electron chi connectivity index (χ0n) is 11.9. The molecule has 1 amide bonds. The fraction of sp³-hybridized carbons (Fsp3) is 0. The average molecular weight is 440 g/mol. The van der Waals surface area contributed by atoms with Crippen LogP contribution in [-0.2, 0) is 0 Å². The summed E-state index contributed by atoms with van der Waals surface area (Å²) in [5.74, 6) is -0.788. The monoisotopic (exact) mass is 440 g/mol. The summed E-state index contributed by atoms with van der Waals surface area (Å²) >= 11 is 2.12. The Labute approximate surface area is 148 Å². The molecule has 2 rings (SSSR count). The third-order valence-corrected chi connectivity index (χ3v) is 3.49. The number of nitro groups is 2. The molecule has 9 nitrogen and oxygen atoms in total. The number of non-ortho nitro benzene ring substituents is 2. The number of hydrazone groups is 1. The van der Waals surface area contributed by atoms with Crippen LogP contribution < -0.4 is 5.43 Å². The Kier molecular flexibility index (Phi) is 5.52. The third-order valence-electron chi connectivity index (χ3n) is 2.81.